The number of aliphatic hydroxyl groups excluding tert-OH is 1. The van der Waals surface area contributed by atoms with E-state index in [4.69, 9.17) is 0 Å². The molecule has 0 fully saturated rings. The summed E-state index contributed by atoms with van der Waals surface area (Å²) in [5.41, 5.74) is 2.58. The second kappa shape index (κ2) is 5.29. The fourth-order valence-corrected chi connectivity index (χ4v) is 2.16. The summed E-state index contributed by atoms with van der Waals surface area (Å²) < 4.78 is 1.89. The molecule has 2 nitrogen and oxygen atoms in total. The highest BCUT2D eigenvalue weighted by molar-refractivity contribution is 9.13. The Bertz CT molecular complexity index is 525. The standard InChI is InChI=1S/C13H11Br2NO/c1-8-2-3-10(7-16-8)13(17)9-4-5-11(14)12(15)6-9/h2-7,13,17H,1H3. The first-order chi connectivity index (χ1) is 8.08. The molecular formula is C13H11Br2NO. The minimum atomic E-state index is -0.646. The molecule has 1 atom stereocenters. The number of hydrogen-bond donors (Lipinski definition) is 1. The second-order valence-corrected chi connectivity index (χ2v) is 5.52. The predicted molar refractivity (Wildman–Crippen MR) is 74.9 cm³/mol. The van der Waals surface area contributed by atoms with Crippen LogP contribution in [0, 0.1) is 6.92 Å². The SMILES string of the molecule is Cc1ccc(C(O)c2ccc(Br)c(Br)c2)cn1. The largest absolute Gasteiger partial charge is 0.384 e. The number of benzene rings is 1. The quantitative estimate of drug-likeness (QED) is 0.882. The molecule has 0 aliphatic heterocycles. The zero-order valence-corrected chi connectivity index (χ0v) is 12.4. The van der Waals surface area contributed by atoms with E-state index in [2.05, 4.69) is 36.8 Å². The van der Waals surface area contributed by atoms with Crippen LogP contribution in [-0.4, -0.2) is 10.1 Å². The Morgan fingerprint density at radius 3 is 2.35 bits per heavy atom. The van der Waals surface area contributed by atoms with E-state index in [-0.39, 0.29) is 0 Å². The summed E-state index contributed by atoms with van der Waals surface area (Å²) in [6.45, 7) is 1.92. The maximum absolute atomic E-state index is 10.2. The number of aliphatic hydroxyl groups is 1. The molecule has 1 N–H and O–H groups in total. The highest BCUT2D eigenvalue weighted by Crippen LogP contribution is 2.29. The maximum Gasteiger partial charge on any atom is 0.106 e. The van der Waals surface area contributed by atoms with E-state index in [1.54, 1.807) is 6.20 Å². The molecule has 0 aliphatic rings. The average molecular weight is 357 g/mol. The summed E-state index contributed by atoms with van der Waals surface area (Å²) in [6, 6.07) is 9.48. The second-order valence-electron chi connectivity index (χ2n) is 3.81. The van der Waals surface area contributed by atoms with Gasteiger partial charge in [0, 0.05) is 26.4 Å². The fraction of sp³-hybridized carbons (Fsp3) is 0.154. The summed E-state index contributed by atoms with van der Waals surface area (Å²) in [5, 5.41) is 10.2. The average Bonchev–Trinajstić information content (AvgIpc) is 2.33. The van der Waals surface area contributed by atoms with Gasteiger partial charge in [0.05, 0.1) is 0 Å². The Morgan fingerprint density at radius 2 is 1.76 bits per heavy atom. The Labute approximate surface area is 117 Å². The fourth-order valence-electron chi connectivity index (χ4n) is 1.52. The van der Waals surface area contributed by atoms with Crippen LogP contribution in [0.3, 0.4) is 0 Å². The number of pyridine rings is 1. The molecule has 0 radical (unpaired) electrons. The van der Waals surface area contributed by atoms with Crippen LogP contribution in [-0.2, 0) is 0 Å². The van der Waals surface area contributed by atoms with E-state index in [1.165, 1.54) is 0 Å². The van der Waals surface area contributed by atoms with Crippen LogP contribution in [0.15, 0.2) is 45.5 Å². The molecule has 0 spiro atoms. The van der Waals surface area contributed by atoms with Crippen molar-refractivity contribution in [3.63, 3.8) is 0 Å². The molecule has 1 aromatic carbocycles. The molecule has 1 heterocycles. The van der Waals surface area contributed by atoms with Crippen molar-refractivity contribution in [3.8, 4) is 0 Å². The molecule has 0 saturated carbocycles. The van der Waals surface area contributed by atoms with Crippen molar-refractivity contribution in [2.75, 3.05) is 0 Å². The summed E-state index contributed by atoms with van der Waals surface area (Å²) in [5.74, 6) is 0. The molecule has 0 bridgehead atoms. The van der Waals surface area contributed by atoms with Crippen molar-refractivity contribution < 1.29 is 5.11 Å². The number of halogens is 2. The van der Waals surface area contributed by atoms with Gasteiger partial charge in [-0.3, -0.25) is 4.98 Å². The molecule has 0 saturated heterocycles. The van der Waals surface area contributed by atoms with Crippen LogP contribution in [0.4, 0.5) is 0 Å². The van der Waals surface area contributed by atoms with E-state index in [0.29, 0.717) is 0 Å². The lowest BCUT2D eigenvalue weighted by atomic mass is 10.0. The minimum absolute atomic E-state index is 0.646. The highest BCUT2D eigenvalue weighted by atomic mass is 79.9. The van der Waals surface area contributed by atoms with E-state index < -0.39 is 6.10 Å². The van der Waals surface area contributed by atoms with Crippen molar-refractivity contribution in [1.29, 1.82) is 0 Å². The topological polar surface area (TPSA) is 33.1 Å². The summed E-state index contributed by atoms with van der Waals surface area (Å²) in [7, 11) is 0. The molecule has 2 rings (SSSR count). The van der Waals surface area contributed by atoms with Gasteiger partial charge in [-0.05, 0) is 62.5 Å². The number of aromatic nitrogens is 1. The maximum atomic E-state index is 10.2. The first-order valence-electron chi connectivity index (χ1n) is 5.13. The Kier molecular flexibility index (Phi) is 3.97. The third kappa shape index (κ3) is 2.94. The summed E-state index contributed by atoms with van der Waals surface area (Å²) in [6.07, 6.45) is 1.06. The van der Waals surface area contributed by atoms with Gasteiger partial charge in [-0.25, -0.2) is 0 Å². The molecule has 0 amide bonds. The molecule has 1 aromatic heterocycles. The molecule has 0 aliphatic carbocycles. The number of aryl methyl sites for hydroxylation is 1. The van der Waals surface area contributed by atoms with Gasteiger partial charge in [-0.15, -0.1) is 0 Å². The molecular weight excluding hydrogens is 346 g/mol. The van der Waals surface area contributed by atoms with E-state index in [0.717, 1.165) is 25.8 Å². The van der Waals surface area contributed by atoms with E-state index >= 15 is 0 Å². The zero-order valence-electron chi connectivity index (χ0n) is 9.19. The third-order valence-electron chi connectivity index (χ3n) is 2.51. The number of rotatable bonds is 2. The highest BCUT2D eigenvalue weighted by Gasteiger charge is 2.11. The molecule has 88 valence electrons. The molecule has 17 heavy (non-hydrogen) atoms. The Hall–Kier alpha value is -0.710. The van der Waals surface area contributed by atoms with Crippen LogP contribution in [0.5, 0.6) is 0 Å². The Balaban J connectivity index is 2.33. The van der Waals surface area contributed by atoms with Crippen LogP contribution in [0.2, 0.25) is 0 Å². The summed E-state index contributed by atoms with van der Waals surface area (Å²) in [4.78, 5) is 4.18. The van der Waals surface area contributed by atoms with Gasteiger partial charge >= 0.3 is 0 Å². The van der Waals surface area contributed by atoms with Gasteiger partial charge in [0.25, 0.3) is 0 Å². The monoisotopic (exact) mass is 355 g/mol. The van der Waals surface area contributed by atoms with Crippen LogP contribution < -0.4 is 0 Å². The van der Waals surface area contributed by atoms with E-state index in [1.807, 2.05) is 37.3 Å². The Morgan fingerprint density at radius 1 is 1.06 bits per heavy atom. The number of nitrogens with zero attached hydrogens (tertiary/aromatic N) is 1. The van der Waals surface area contributed by atoms with E-state index in [9.17, 15) is 5.11 Å². The van der Waals surface area contributed by atoms with Gasteiger partial charge in [-0.1, -0.05) is 12.1 Å². The first kappa shape index (κ1) is 12.7. The lowest BCUT2D eigenvalue weighted by Gasteiger charge is -2.12. The summed E-state index contributed by atoms with van der Waals surface area (Å²) >= 11 is 6.83. The van der Waals surface area contributed by atoms with Gasteiger partial charge in [0.1, 0.15) is 6.10 Å². The van der Waals surface area contributed by atoms with Crippen molar-refractivity contribution in [2.24, 2.45) is 0 Å². The molecule has 1 unspecified atom stereocenters. The number of hydrogen-bond acceptors (Lipinski definition) is 2. The van der Waals surface area contributed by atoms with Gasteiger partial charge in [0.2, 0.25) is 0 Å². The lowest BCUT2D eigenvalue weighted by Crippen LogP contribution is -2.00. The zero-order chi connectivity index (χ0) is 12.4. The van der Waals surface area contributed by atoms with Crippen molar-refractivity contribution in [1.82, 2.24) is 4.98 Å². The van der Waals surface area contributed by atoms with Crippen LogP contribution in [0.1, 0.15) is 22.9 Å². The first-order valence-corrected chi connectivity index (χ1v) is 6.72. The van der Waals surface area contributed by atoms with Crippen molar-refractivity contribution >= 4 is 31.9 Å². The smallest absolute Gasteiger partial charge is 0.106 e. The normalized spacial score (nSPS) is 12.5. The molecule has 4 heteroatoms. The molecule has 2 aromatic rings. The van der Waals surface area contributed by atoms with Gasteiger partial charge < -0.3 is 5.11 Å². The minimum Gasteiger partial charge on any atom is -0.384 e. The van der Waals surface area contributed by atoms with Crippen molar-refractivity contribution in [3.05, 3.63) is 62.3 Å². The predicted octanol–water partition coefficient (Wildman–Crippen LogP) is 4.00. The third-order valence-corrected chi connectivity index (χ3v) is 4.39. The van der Waals surface area contributed by atoms with Crippen LogP contribution in [0.25, 0.3) is 0 Å². The van der Waals surface area contributed by atoms with Crippen LogP contribution >= 0.6 is 31.9 Å². The lowest BCUT2D eigenvalue weighted by molar-refractivity contribution is 0.220. The van der Waals surface area contributed by atoms with Crippen molar-refractivity contribution in [2.45, 2.75) is 13.0 Å². The van der Waals surface area contributed by atoms with Gasteiger partial charge in [-0.2, -0.15) is 0 Å². The van der Waals surface area contributed by atoms with Gasteiger partial charge in [0.15, 0.2) is 0 Å².